The summed E-state index contributed by atoms with van der Waals surface area (Å²) in [6, 6.07) is 3.14. The van der Waals surface area contributed by atoms with Crippen molar-refractivity contribution in [2.45, 2.75) is 25.7 Å². The maximum Gasteiger partial charge on any atom is 0.244 e. The minimum absolute atomic E-state index is 0.103. The van der Waals surface area contributed by atoms with E-state index < -0.39 is 5.91 Å². The first-order valence-electron chi connectivity index (χ1n) is 8.39. The molecule has 2 fully saturated rings. The van der Waals surface area contributed by atoms with Crippen LogP contribution in [0.3, 0.4) is 0 Å². The molecule has 8 heteroatoms. The SMILES string of the molecule is Nc1cc2c(cc1NC(=O)CN1C(=O)C3CCCCC3C1=O)OCO2. The summed E-state index contributed by atoms with van der Waals surface area (Å²) in [6.07, 6.45) is 3.35. The number of hydrogen-bond donors (Lipinski definition) is 2. The van der Waals surface area contributed by atoms with E-state index in [1.165, 1.54) is 0 Å². The molecule has 2 heterocycles. The van der Waals surface area contributed by atoms with E-state index in [4.69, 9.17) is 15.2 Å². The number of amides is 3. The maximum absolute atomic E-state index is 12.4. The monoisotopic (exact) mass is 345 g/mol. The number of hydrogen-bond acceptors (Lipinski definition) is 6. The Morgan fingerprint density at radius 1 is 1.12 bits per heavy atom. The smallest absolute Gasteiger partial charge is 0.244 e. The Morgan fingerprint density at radius 3 is 2.36 bits per heavy atom. The molecule has 0 radical (unpaired) electrons. The molecule has 25 heavy (non-hydrogen) atoms. The lowest BCUT2D eigenvalue weighted by molar-refractivity contribution is -0.142. The third-order valence-electron chi connectivity index (χ3n) is 5.05. The lowest BCUT2D eigenvalue weighted by atomic mass is 9.81. The number of imide groups is 1. The minimum atomic E-state index is -0.467. The van der Waals surface area contributed by atoms with Gasteiger partial charge in [-0.15, -0.1) is 0 Å². The zero-order valence-electron chi connectivity index (χ0n) is 13.6. The quantitative estimate of drug-likeness (QED) is 0.627. The van der Waals surface area contributed by atoms with E-state index in [9.17, 15) is 14.4 Å². The van der Waals surface area contributed by atoms with Gasteiger partial charge in [0, 0.05) is 12.1 Å². The van der Waals surface area contributed by atoms with Crippen LogP contribution in [0.2, 0.25) is 0 Å². The number of carbonyl (C=O) groups is 3. The van der Waals surface area contributed by atoms with Crippen LogP contribution in [0, 0.1) is 11.8 Å². The van der Waals surface area contributed by atoms with E-state index in [0.717, 1.165) is 30.6 Å². The molecule has 132 valence electrons. The number of nitrogens with one attached hydrogen (secondary N) is 1. The molecule has 0 spiro atoms. The summed E-state index contributed by atoms with van der Waals surface area (Å²) in [7, 11) is 0. The largest absolute Gasteiger partial charge is 0.454 e. The normalized spacial score (nSPS) is 24.4. The molecule has 4 rings (SSSR count). The Kier molecular flexibility index (Phi) is 3.74. The molecule has 0 aromatic heterocycles. The van der Waals surface area contributed by atoms with Gasteiger partial charge in [-0.3, -0.25) is 19.3 Å². The summed E-state index contributed by atoms with van der Waals surface area (Å²) in [4.78, 5) is 38.3. The van der Waals surface area contributed by atoms with E-state index in [1.54, 1.807) is 12.1 Å². The summed E-state index contributed by atoms with van der Waals surface area (Å²) in [5.41, 5.74) is 6.59. The van der Waals surface area contributed by atoms with Crippen molar-refractivity contribution in [2.24, 2.45) is 11.8 Å². The van der Waals surface area contributed by atoms with Gasteiger partial charge in [0.1, 0.15) is 6.54 Å². The van der Waals surface area contributed by atoms with Gasteiger partial charge in [0.25, 0.3) is 0 Å². The van der Waals surface area contributed by atoms with Crippen LogP contribution in [0.15, 0.2) is 12.1 Å². The summed E-state index contributed by atoms with van der Waals surface area (Å²) in [5.74, 6) is -0.444. The lowest BCUT2D eigenvalue weighted by Crippen LogP contribution is -2.38. The average molecular weight is 345 g/mol. The number of benzene rings is 1. The Balaban J connectivity index is 1.46. The lowest BCUT2D eigenvalue weighted by Gasteiger charge is -2.19. The van der Waals surface area contributed by atoms with E-state index in [1.807, 2.05) is 0 Å². The Labute approximate surface area is 144 Å². The molecule has 1 aliphatic carbocycles. The first-order valence-corrected chi connectivity index (χ1v) is 8.39. The molecule has 3 N–H and O–H groups in total. The summed E-state index contributed by atoms with van der Waals surface area (Å²) in [6.45, 7) is -0.190. The molecule has 1 saturated heterocycles. The Morgan fingerprint density at radius 2 is 1.72 bits per heavy atom. The van der Waals surface area contributed by atoms with Crippen LogP contribution >= 0.6 is 0 Å². The zero-order chi connectivity index (χ0) is 17.6. The number of ether oxygens (including phenoxy) is 2. The Hall–Kier alpha value is -2.77. The molecule has 1 aromatic carbocycles. The number of fused-ring (bicyclic) bond motifs is 2. The van der Waals surface area contributed by atoms with Gasteiger partial charge in [-0.05, 0) is 12.8 Å². The van der Waals surface area contributed by atoms with Gasteiger partial charge in [0.15, 0.2) is 11.5 Å². The van der Waals surface area contributed by atoms with E-state index in [2.05, 4.69) is 5.32 Å². The van der Waals surface area contributed by atoms with Crippen molar-refractivity contribution in [3.05, 3.63) is 12.1 Å². The highest BCUT2D eigenvalue weighted by Gasteiger charge is 2.48. The van der Waals surface area contributed by atoms with Crippen molar-refractivity contribution in [3.8, 4) is 11.5 Å². The molecule has 3 aliphatic rings. The van der Waals surface area contributed by atoms with Crippen molar-refractivity contribution in [1.82, 2.24) is 4.90 Å². The number of rotatable bonds is 3. The number of nitrogens with zero attached hydrogens (tertiary/aromatic N) is 1. The molecule has 2 unspecified atom stereocenters. The highest BCUT2D eigenvalue weighted by Crippen LogP contribution is 2.39. The summed E-state index contributed by atoms with van der Waals surface area (Å²) < 4.78 is 10.5. The predicted molar refractivity (Wildman–Crippen MR) is 87.8 cm³/mol. The first kappa shape index (κ1) is 15.7. The minimum Gasteiger partial charge on any atom is -0.454 e. The fourth-order valence-electron chi connectivity index (χ4n) is 3.79. The maximum atomic E-state index is 12.4. The molecule has 8 nitrogen and oxygen atoms in total. The van der Waals surface area contributed by atoms with Gasteiger partial charge < -0.3 is 20.5 Å². The van der Waals surface area contributed by atoms with Crippen molar-refractivity contribution in [2.75, 3.05) is 24.4 Å². The van der Waals surface area contributed by atoms with Crippen molar-refractivity contribution in [1.29, 1.82) is 0 Å². The van der Waals surface area contributed by atoms with Crippen LogP contribution in [0.4, 0.5) is 11.4 Å². The number of likely N-dealkylation sites (tertiary alicyclic amines) is 1. The number of carbonyl (C=O) groups excluding carboxylic acids is 3. The number of nitrogen functional groups attached to an aromatic ring is 1. The second-order valence-corrected chi connectivity index (χ2v) is 6.60. The van der Waals surface area contributed by atoms with Crippen LogP contribution in [0.1, 0.15) is 25.7 Å². The summed E-state index contributed by atoms with van der Waals surface area (Å²) >= 11 is 0. The third kappa shape index (κ3) is 2.67. The fraction of sp³-hybridized carbons (Fsp3) is 0.471. The molecule has 3 amide bonds. The van der Waals surface area contributed by atoms with Crippen LogP contribution in [0.5, 0.6) is 11.5 Å². The van der Waals surface area contributed by atoms with Gasteiger partial charge in [-0.1, -0.05) is 12.8 Å². The van der Waals surface area contributed by atoms with E-state index in [-0.39, 0.29) is 37.0 Å². The van der Waals surface area contributed by atoms with Crippen LogP contribution in [-0.4, -0.2) is 36.0 Å². The average Bonchev–Trinajstić information content (AvgIpc) is 3.14. The van der Waals surface area contributed by atoms with Gasteiger partial charge in [0.2, 0.25) is 24.5 Å². The van der Waals surface area contributed by atoms with Crippen LogP contribution in [-0.2, 0) is 14.4 Å². The topological polar surface area (TPSA) is 111 Å². The second kappa shape index (κ2) is 5.94. The summed E-state index contributed by atoms with van der Waals surface area (Å²) in [5, 5.41) is 2.64. The van der Waals surface area contributed by atoms with E-state index >= 15 is 0 Å². The highest BCUT2D eigenvalue weighted by molar-refractivity contribution is 6.09. The fourth-order valence-corrected chi connectivity index (χ4v) is 3.79. The molecular weight excluding hydrogens is 326 g/mol. The molecule has 1 aromatic rings. The van der Waals surface area contributed by atoms with Crippen molar-refractivity contribution >= 4 is 29.1 Å². The second-order valence-electron chi connectivity index (χ2n) is 6.60. The van der Waals surface area contributed by atoms with Gasteiger partial charge in [-0.25, -0.2) is 0 Å². The van der Waals surface area contributed by atoms with Gasteiger partial charge in [-0.2, -0.15) is 0 Å². The van der Waals surface area contributed by atoms with Crippen LogP contribution < -0.4 is 20.5 Å². The zero-order valence-corrected chi connectivity index (χ0v) is 13.6. The molecule has 1 saturated carbocycles. The molecular formula is C17H19N3O5. The Bertz CT molecular complexity index is 739. The standard InChI is InChI=1S/C17H19N3O5/c18-11-5-13-14(25-8-24-13)6-12(11)19-15(21)7-20-16(22)9-3-1-2-4-10(9)17(20)23/h5-6,9-10H,1-4,7-8,18H2,(H,19,21). The number of anilines is 2. The van der Waals surface area contributed by atoms with Gasteiger partial charge >= 0.3 is 0 Å². The number of nitrogens with two attached hydrogens (primary N) is 1. The molecule has 0 bridgehead atoms. The van der Waals surface area contributed by atoms with Crippen molar-refractivity contribution in [3.63, 3.8) is 0 Å². The third-order valence-corrected chi connectivity index (χ3v) is 5.05. The van der Waals surface area contributed by atoms with E-state index in [0.29, 0.717) is 22.9 Å². The van der Waals surface area contributed by atoms with Gasteiger partial charge in [0.05, 0.1) is 23.2 Å². The van der Waals surface area contributed by atoms with Crippen molar-refractivity contribution < 1.29 is 23.9 Å². The first-order chi connectivity index (χ1) is 12.0. The van der Waals surface area contributed by atoms with Crippen LogP contribution in [0.25, 0.3) is 0 Å². The molecule has 2 aliphatic heterocycles. The highest BCUT2D eigenvalue weighted by atomic mass is 16.7. The molecule has 2 atom stereocenters. The predicted octanol–water partition coefficient (Wildman–Crippen LogP) is 1.11.